The molecule has 0 bridgehead atoms. The Labute approximate surface area is 85.1 Å². The van der Waals surface area contributed by atoms with E-state index in [2.05, 4.69) is 15.9 Å². The first-order valence-corrected chi connectivity index (χ1v) is 4.88. The van der Waals surface area contributed by atoms with E-state index in [4.69, 9.17) is 0 Å². The van der Waals surface area contributed by atoms with Crippen molar-refractivity contribution in [1.82, 2.24) is 4.57 Å². The second-order valence-corrected chi connectivity index (χ2v) is 3.90. The number of halogens is 1. The molecule has 0 aliphatic heterocycles. The van der Waals surface area contributed by atoms with E-state index in [1.807, 2.05) is 0 Å². The van der Waals surface area contributed by atoms with Gasteiger partial charge in [-0.15, -0.1) is 0 Å². The minimum atomic E-state index is -0.535. The smallest absolute Gasteiger partial charge is 0.265 e. The van der Waals surface area contributed by atoms with Crippen LogP contribution in [0.25, 0.3) is 0 Å². The van der Waals surface area contributed by atoms with Crippen LogP contribution in [-0.2, 0) is 0 Å². The highest BCUT2D eigenvalue weighted by Crippen LogP contribution is 2.09. The third kappa shape index (κ3) is 2.19. The maximum absolute atomic E-state index is 11.5. The summed E-state index contributed by atoms with van der Waals surface area (Å²) in [6, 6.07) is 3.25. The number of aromatic nitrogens is 1. The molecule has 72 valence electrons. The zero-order valence-corrected chi connectivity index (χ0v) is 9.15. The van der Waals surface area contributed by atoms with Gasteiger partial charge >= 0.3 is 0 Å². The average molecular weight is 246 g/mol. The Balaban J connectivity index is 3.16. The highest BCUT2D eigenvalue weighted by molar-refractivity contribution is 9.10. The summed E-state index contributed by atoms with van der Waals surface area (Å²) in [5.74, 6) is 0. The fraction of sp³-hybridized carbons (Fsp3) is 0.444. The fourth-order valence-corrected chi connectivity index (χ4v) is 1.39. The molecule has 0 radical (unpaired) electrons. The lowest BCUT2D eigenvalue weighted by Crippen LogP contribution is -2.28. The summed E-state index contributed by atoms with van der Waals surface area (Å²) < 4.78 is 2.02. The molecular formula is C9H12BrNO2. The van der Waals surface area contributed by atoms with Crippen molar-refractivity contribution >= 4 is 15.9 Å². The molecule has 1 aromatic heterocycles. The lowest BCUT2D eigenvalue weighted by atomic mass is 10.2. The van der Waals surface area contributed by atoms with E-state index in [1.165, 1.54) is 4.57 Å². The molecule has 0 aromatic carbocycles. The van der Waals surface area contributed by atoms with Crippen LogP contribution in [-0.4, -0.2) is 15.8 Å². The van der Waals surface area contributed by atoms with Crippen molar-refractivity contribution < 1.29 is 5.11 Å². The molecule has 0 spiro atoms. The second kappa shape index (κ2) is 4.07. The van der Waals surface area contributed by atoms with Gasteiger partial charge in [-0.25, -0.2) is 0 Å². The number of nitrogens with zero attached hydrogens (tertiary/aromatic N) is 1. The Kier molecular flexibility index (Phi) is 3.27. The first-order valence-electron chi connectivity index (χ1n) is 4.08. The van der Waals surface area contributed by atoms with Crippen molar-refractivity contribution in [1.29, 1.82) is 0 Å². The van der Waals surface area contributed by atoms with Crippen molar-refractivity contribution in [3.05, 3.63) is 33.2 Å². The normalized spacial score (nSPS) is 15.4. The van der Waals surface area contributed by atoms with E-state index in [-0.39, 0.29) is 11.6 Å². The van der Waals surface area contributed by atoms with E-state index in [0.717, 1.165) is 0 Å². The third-order valence-corrected chi connectivity index (χ3v) is 2.67. The third-order valence-electron chi connectivity index (χ3n) is 2.06. The van der Waals surface area contributed by atoms with Crippen LogP contribution in [0.1, 0.15) is 19.9 Å². The fourth-order valence-electron chi connectivity index (χ4n) is 1.04. The summed E-state index contributed by atoms with van der Waals surface area (Å²) >= 11 is 3.15. The van der Waals surface area contributed by atoms with Crippen LogP contribution in [0.4, 0.5) is 0 Å². The summed E-state index contributed by atoms with van der Waals surface area (Å²) in [4.78, 5) is 11.5. The molecular weight excluding hydrogens is 234 g/mol. The van der Waals surface area contributed by atoms with E-state index in [1.54, 1.807) is 32.2 Å². The molecule has 1 N–H and O–H groups in total. The van der Waals surface area contributed by atoms with Gasteiger partial charge in [-0.1, -0.05) is 0 Å². The van der Waals surface area contributed by atoms with E-state index >= 15 is 0 Å². The van der Waals surface area contributed by atoms with Gasteiger partial charge in [0.1, 0.15) is 0 Å². The van der Waals surface area contributed by atoms with Crippen molar-refractivity contribution in [2.75, 3.05) is 0 Å². The molecule has 13 heavy (non-hydrogen) atoms. The highest BCUT2D eigenvalue weighted by Gasteiger charge is 2.12. The SMILES string of the molecule is CC(O)C(C)n1cccc(Br)c1=O. The molecule has 2 unspecified atom stereocenters. The van der Waals surface area contributed by atoms with Gasteiger partial charge in [0, 0.05) is 6.20 Å². The Bertz CT molecular complexity index is 346. The van der Waals surface area contributed by atoms with Crippen LogP contribution in [0.15, 0.2) is 27.6 Å². The molecule has 1 rings (SSSR count). The Morgan fingerprint density at radius 2 is 2.15 bits per heavy atom. The minimum Gasteiger partial charge on any atom is -0.391 e. The largest absolute Gasteiger partial charge is 0.391 e. The van der Waals surface area contributed by atoms with Crippen molar-refractivity contribution in [3.8, 4) is 0 Å². The Hall–Kier alpha value is -0.610. The van der Waals surface area contributed by atoms with Crippen LogP contribution in [0, 0.1) is 0 Å². The molecule has 0 saturated heterocycles. The predicted octanol–water partition coefficient (Wildman–Crippen LogP) is 1.55. The van der Waals surface area contributed by atoms with E-state index in [0.29, 0.717) is 4.47 Å². The van der Waals surface area contributed by atoms with Crippen LogP contribution in [0.5, 0.6) is 0 Å². The molecule has 0 fully saturated rings. The molecule has 4 heteroatoms. The molecule has 0 aliphatic carbocycles. The summed E-state index contributed by atoms with van der Waals surface area (Å²) in [7, 11) is 0. The summed E-state index contributed by atoms with van der Waals surface area (Å²) in [5.41, 5.74) is -0.115. The van der Waals surface area contributed by atoms with Gasteiger partial charge < -0.3 is 9.67 Å². The van der Waals surface area contributed by atoms with Crippen LogP contribution in [0.3, 0.4) is 0 Å². The molecule has 3 nitrogen and oxygen atoms in total. The van der Waals surface area contributed by atoms with E-state index < -0.39 is 6.10 Å². The van der Waals surface area contributed by atoms with Crippen molar-refractivity contribution in [2.24, 2.45) is 0 Å². The van der Waals surface area contributed by atoms with Crippen LogP contribution >= 0.6 is 15.9 Å². The minimum absolute atomic E-state index is 0.115. The van der Waals surface area contributed by atoms with Gasteiger partial charge in [0.05, 0.1) is 16.6 Å². The van der Waals surface area contributed by atoms with Gasteiger partial charge in [-0.05, 0) is 41.9 Å². The van der Waals surface area contributed by atoms with Gasteiger partial charge in [0.2, 0.25) is 0 Å². The van der Waals surface area contributed by atoms with Crippen molar-refractivity contribution in [2.45, 2.75) is 26.0 Å². The maximum atomic E-state index is 11.5. The molecule has 1 heterocycles. The number of pyridine rings is 1. The van der Waals surface area contributed by atoms with Crippen molar-refractivity contribution in [3.63, 3.8) is 0 Å². The first kappa shape index (κ1) is 10.5. The first-order chi connectivity index (χ1) is 6.04. The van der Waals surface area contributed by atoms with Crippen LogP contribution < -0.4 is 5.56 Å². The van der Waals surface area contributed by atoms with Gasteiger partial charge in [0.25, 0.3) is 5.56 Å². The van der Waals surface area contributed by atoms with Gasteiger partial charge in [0.15, 0.2) is 0 Å². The molecule has 0 amide bonds. The zero-order chi connectivity index (χ0) is 10.0. The van der Waals surface area contributed by atoms with Gasteiger partial charge in [-0.2, -0.15) is 0 Å². The number of hydrogen-bond donors (Lipinski definition) is 1. The Morgan fingerprint density at radius 1 is 1.54 bits per heavy atom. The number of hydrogen-bond acceptors (Lipinski definition) is 2. The predicted molar refractivity (Wildman–Crippen MR) is 54.8 cm³/mol. The number of rotatable bonds is 2. The summed E-state index contributed by atoms with van der Waals surface area (Å²) in [6.07, 6.45) is 1.14. The topological polar surface area (TPSA) is 42.2 Å². The lowest BCUT2D eigenvalue weighted by molar-refractivity contribution is 0.137. The summed E-state index contributed by atoms with van der Waals surface area (Å²) in [5, 5.41) is 9.31. The van der Waals surface area contributed by atoms with Gasteiger partial charge in [-0.3, -0.25) is 4.79 Å². The monoisotopic (exact) mass is 245 g/mol. The standard InChI is InChI=1S/C9H12BrNO2/c1-6(7(2)12)11-5-3-4-8(10)9(11)13/h3-7,12H,1-2H3. The summed E-state index contributed by atoms with van der Waals surface area (Å²) in [6.45, 7) is 3.47. The number of aliphatic hydroxyl groups is 1. The molecule has 2 atom stereocenters. The molecule has 0 aliphatic rings. The quantitative estimate of drug-likeness (QED) is 0.860. The lowest BCUT2D eigenvalue weighted by Gasteiger charge is -2.17. The molecule has 1 aromatic rings. The Morgan fingerprint density at radius 3 is 2.69 bits per heavy atom. The zero-order valence-electron chi connectivity index (χ0n) is 7.57. The van der Waals surface area contributed by atoms with E-state index in [9.17, 15) is 9.90 Å². The maximum Gasteiger partial charge on any atom is 0.265 e. The highest BCUT2D eigenvalue weighted by atomic mass is 79.9. The second-order valence-electron chi connectivity index (χ2n) is 3.05. The average Bonchev–Trinajstić information content (AvgIpc) is 2.08. The van der Waals surface area contributed by atoms with Crippen LogP contribution in [0.2, 0.25) is 0 Å². The number of aliphatic hydroxyl groups excluding tert-OH is 1. The molecule has 0 saturated carbocycles.